The van der Waals surface area contributed by atoms with E-state index in [0.717, 1.165) is 17.1 Å². The lowest BCUT2D eigenvalue weighted by atomic mass is 10.3. The molecular formula is C9H8N2O2. The van der Waals surface area contributed by atoms with Gasteiger partial charge in [-0.2, -0.15) is 0 Å². The second-order valence-corrected chi connectivity index (χ2v) is 2.46. The standard InChI is InChI=1S/C9H8N2O2/c1-12-7-2-3-8(10-4-7)9-5-13-6-11-9/h2-6H,1H3. The number of nitrogens with zero attached hydrogens (tertiary/aromatic N) is 2. The Morgan fingerprint density at radius 2 is 2.15 bits per heavy atom. The van der Waals surface area contributed by atoms with Gasteiger partial charge >= 0.3 is 0 Å². The first kappa shape index (κ1) is 7.79. The maximum absolute atomic E-state index is 4.98. The Bertz CT molecular complexity index is 367. The summed E-state index contributed by atoms with van der Waals surface area (Å²) in [6.07, 6.45) is 4.57. The molecule has 2 aromatic rings. The van der Waals surface area contributed by atoms with Crippen molar-refractivity contribution in [1.82, 2.24) is 9.97 Å². The molecule has 0 aliphatic heterocycles. The van der Waals surface area contributed by atoms with Crippen LogP contribution in [0.15, 0.2) is 35.4 Å². The minimum Gasteiger partial charge on any atom is -0.495 e. The predicted octanol–water partition coefficient (Wildman–Crippen LogP) is 1.75. The summed E-state index contributed by atoms with van der Waals surface area (Å²) in [5.41, 5.74) is 1.50. The molecule has 0 amide bonds. The number of oxazole rings is 1. The molecule has 0 fully saturated rings. The molecule has 0 bridgehead atoms. The zero-order chi connectivity index (χ0) is 9.10. The monoisotopic (exact) mass is 176 g/mol. The fraction of sp³-hybridized carbons (Fsp3) is 0.111. The average Bonchev–Trinajstić information content (AvgIpc) is 2.71. The predicted molar refractivity (Wildman–Crippen MR) is 46.3 cm³/mol. The van der Waals surface area contributed by atoms with Crippen molar-refractivity contribution < 1.29 is 9.15 Å². The summed E-state index contributed by atoms with van der Waals surface area (Å²) < 4.78 is 9.82. The van der Waals surface area contributed by atoms with Crippen LogP contribution < -0.4 is 4.74 Å². The fourth-order valence-corrected chi connectivity index (χ4v) is 0.992. The number of hydrogen-bond acceptors (Lipinski definition) is 4. The molecule has 2 heterocycles. The largest absolute Gasteiger partial charge is 0.495 e. The third-order valence-electron chi connectivity index (χ3n) is 1.67. The smallest absolute Gasteiger partial charge is 0.181 e. The average molecular weight is 176 g/mol. The van der Waals surface area contributed by atoms with Crippen molar-refractivity contribution in [2.75, 3.05) is 7.11 Å². The molecule has 4 nitrogen and oxygen atoms in total. The number of ether oxygens (including phenoxy) is 1. The van der Waals surface area contributed by atoms with Gasteiger partial charge < -0.3 is 9.15 Å². The van der Waals surface area contributed by atoms with Crippen LogP contribution in [0.25, 0.3) is 11.4 Å². The van der Waals surface area contributed by atoms with Crippen LogP contribution in [0.5, 0.6) is 5.75 Å². The molecular weight excluding hydrogens is 168 g/mol. The molecule has 0 atom stereocenters. The molecule has 0 aliphatic carbocycles. The molecule has 0 unspecified atom stereocenters. The Hall–Kier alpha value is -1.84. The van der Waals surface area contributed by atoms with Gasteiger partial charge in [-0.3, -0.25) is 4.98 Å². The van der Waals surface area contributed by atoms with Gasteiger partial charge in [0.2, 0.25) is 0 Å². The lowest BCUT2D eigenvalue weighted by Gasteiger charge is -1.98. The number of aromatic nitrogens is 2. The third-order valence-corrected chi connectivity index (χ3v) is 1.67. The Morgan fingerprint density at radius 1 is 1.23 bits per heavy atom. The van der Waals surface area contributed by atoms with Crippen LogP contribution in [-0.4, -0.2) is 17.1 Å². The lowest BCUT2D eigenvalue weighted by molar-refractivity contribution is 0.413. The first-order valence-electron chi connectivity index (χ1n) is 3.79. The summed E-state index contributed by atoms with van der Waals surface area (Å²) >= 11 is 0. The fourth-order valence-electron chi connectivity index (χ4n) is 0.992. The van der Waals surface area contributed by atoms with Crippen LogP contribution in [0.1, 0.15) is 0 Å². The van der Waals surface area contributed by atoms with Crippen molar-refractivity contribution in [3.05, 3.63) is 31.0 Å². The van der Waals surface area contributed by atoms with Gasteiger partial charge in [-0.25, -0.2) is 4.98 Å². The summed E-state index contributed by atoms with van der Waals surface area (Å²) in [7, 11) is 1.60. The molecule has 0 saturated carbocycles. The molecule has 0 aromatic carbocycles. The van der Waals surface area contributed by atoms with Gasteiger partial charge in [0, 0.05) is 0 Å². The normalized spacial score (nSPS) is 9.92. The Balaban J connectivity index is 2.33. The molecule has 0 N–H and O–H groups in total. The van der Waals surface area contributed by atoms with E-state index in [4.69, 9.17) is 9.15 Å². The van der Waals surface area contributed by atoms with E-state index < -0.39 is 0 Å². The van der Waals surface area contributed by atoms with E-state index in [1.165, 1.54) is 6.39 Å². The number of hydrogen-bond donors (Lipinski definition) is 0. The Morgan fingerprint density at radius 3 is 2.69 bits per heavy atom. The molecule has 0 saturated heterocycles. The third kappa shape index (κ3) is 1.51. The summed E-state index contributed by atoms with van der Waals surface area (Å²) in [5, 5.41) is 0. The van der Waals surface area contributed by atoms with Crippen LogP contribution in [0.4, 0.5) is 0 Å². The van der Waals surface area contributed by atoms with Crippen LogP contribution in [0, 0.1) is 0 Å². The summed E-state index contributed by atoms with van der Waals surface area (Å²) in [6.45, 7) is 0. The summed E-state index contributed by atoms with van der Waals surface area (Å²) in [4.78, 5) is 8.12. The lowest BCUT2D eigenvalue weighted by Crippen LogP contribution is -1.86. The van der Waals surface area contributed by atoms with Crippen LogP contribution >= 0.6 is 0 Å². The quantitative estimate of drug-likeness (QED) is 0.699. The van der Waals surface area contributed by atoms with Crippen molar-refractivity contribution in [3.63, 3.8) is 0 Å². The number of pyridine rings is 1. The van der Waals surface area contributed by atoms with E-state index in [1.807, 2.05) is 12.1 Å². The minimum absolute atomic E-state index is 0.725. The van der Waals surface area contributed by atoms with E-state index in [1.54, 1.807) is 19.6 Å². The Kier molecular flexibility index (Phi) is 1.96. The Labute approximate surface area is 75.2 Å². The zero-order valence-electron chi connectivity index (χ0n) is 7.10. The van der Waals surface area contributed by atoms with E-state index in [9.17, 15) is 0 Å². The first-order valence-corrected chi connectivity index (χ1v) is 3.79. The summed E-state index contributed by atoms with van der Waals surface area (Å²) in [5.74, 6) is 0.729. The second kappa shape index (κ2) is 3.26. The van der Waals surface area contributed by atoms with E-state index >= 15 is 0 Å². The summed E-state index contributed by atoms with van der Waals surface area (Å²) in [6, 6.07) is 3.66. The topological polar surface area (TPSA) is 48.2 Å². The van der Waals surface area contributed by atoms with Crippen LogP contribution in [0.3, 0.4) is 0 Å². The zero-order valence-corrected chi connectivity index (χ0v) is 7.10. The molecule has 0 radical (unpaired) electrons. The molecule has 13 heavy (non-hydrogen) atoms. The van der Waals surface area contributed by atoms with Crippen molar-refractivity contribution in [1.29, 1.82) is 0 Å². The maximum Gasteiger partial charge on any atom is 0.181 e. The SMILES string of the molecule is COc1ccc(-c2cocn2)nc1. The van der Waals surface area contributed by atoms with Crippen molar-refractivity contribution in [2.45, 2.75) is 0 Å². The molecule has 4 heteroatoms. The minimum atomic E-state index is 0.725. The van der Waals surface area contributed by atoms with Gasteiger partial charge in [-0.05, 0) is 12.1 Å². The van der Waals surface area contributed by atoms with Gasteiger partial charge in [0.05, 0.1) is 19.0 Å². The number of methoxy groups -OCH3 is 1. The van der Waals surface area contributed by atoms with Crippen molar-refractivity contribution >= 4 is 0 Å². The first-order chi connectivity index (χ1) is 6.40. The van der Waals surface area contributed by atoms with Gasteiger partial charge in [0.15, 0.2) is 6.39 Å². The highest BCUT2D eigenvalue weighted by molar-refractivity contribution is 5.52. The number of rotatable bonds is 2. The van der Waals surface area contributed by atoms with Crippen LogP contribution in [-0.2, 0) is 0 Å². The second-order valence-electron chi connectivity index (χ2n) is 2.46. The molecule has 66 valence electrons. The van der Waals surface area contributed by atoms with Crippen molar-refractivity contribution in [2.24, 2.45) is 0 Å². The molecule has 0 spiro atoms. The maximum atomic E-state index is 4.98. The highest BCUT2D eigenvalue weighted by atomic mass is 16.5. The van der Waals surface area contributed by atoms with Gasteiger partial charge in [0.25, 0.3) is 0 Å². The van der Waals surface area contributed by atoms with E-state index in [2.05, 4.69) is 9.97 Å². The van der Waals surface area contributed by atoms with Gasteiger partial charge in [-0.15, -0.1) is 0 Å². The van der Waals surface area contributed by atoms with Gasteiger partial charge in [0.1, 0.15) is 17.7 Å². The van der Waals surface area contributed by atoms with Gasteiger partial charge in [-0.1, -0.05) is 0 Å². The highest BCUT2D eigenvalue weighted by Crippen LogP contribution is 2.16. The molecule has 0 aliphatic rings. The highest BCUT2D eigenvalue weighted by Gasteiger charge is 2.01. The van der Waals surface area contributed by atoms with E-state index in [-0.39, 0.29) is 0 Å². The molecule has 2 aromatic heterocycles. The van der Waals surface area contributed by atoms with E-state index in [0.29, 0.717) is 0 Å². The van der Waals surface area contributed by atoms with Crippen LogP contribution in [0.2, 0.25) is 0 Å². The van der Waals surface area contributed by atoms with Crippen molar-refractivity contribution in [3.8, 4) is 17.1 Å². The molecule has 2 rings (SSSR count).